The number of benzene rings is 3. The summed E-state index contributed by atoms with van der Waals surface area (Å²) in [6.07, 6.45) is 0. The molecular weight excluding hydrogens is 306 g/mol. The van der Waals surface area contributed by atoms with E-state index in [4.69, 9.17) is 22.1 Å². The van der Waals surface area contributed by atoms with Gasteiger partial charge in [-0.15, -0.1) is 0 Å². The largest absolute Gasteiger partial charge is 0.497 e. The van der Waals surface area contributed by atoms with Gasteiger partial charge in [-0.25, -0.2) is 0 Å². The van der Waals surface area contributed by atoms with Crippen LogP contribution in [-0.4, -0.2) is 7.11 Å². The van der Waals surface area contributed by atoms with Crippen LogP contribution in [0.1, 0.15) is 5.56 Å². The highest BCUT2D eigenvalue weighted by atomic mass is 35.5. The molecule has 0 heterocycles. The quantitative estimate of drug-likeness (QED) is 0.721. The van der Waals surface area contributed by atoms with Gasteiger partial charge in [0.15, 0.2) is 0 Å². The van der Waals surface area contributed by atoms with Crippen molar-refractivity contribution in [2.75, 3.05) is 7.11 Å². The highest BCUT2D eigenvalue weighted by Crippen LogP contribution is 2.34. The van der Waals surface area contributed by atoms with Crippen molar-refractivity contribution < 1.29 is 4.74 Å². The molecule has 2 N–H and O–H groups in total. The van der Waals surface area contributed by atoms with Gasteiger partial charge in [0.2, 0.25) is 0 Å². The van der Waals surface area contributed by atoms with Gasteiger partial charge in [0.05, 0.1) is 7.11 Å². The Hall–Kier alpha value is -2.29. The van der Waals surface area contributed by atoms with Crippen LogP contribution in [0.25, 0.3) is 22.3 Å². The summed E-state index contributed by atoms with van der Waals surface area (Å²) in [7, 11) is 1.67. The Bertz CT molecular complexity index is 795. The van der Waals surface area contributed by atoms with Crippen molar-refractivity contribution in [3.05, 3.63) is 77.3 Å². The summed E-state index contributed by atoms with van der Waals surface area (Å²) in [5.74, 6) is 0.844. The van der Waals surface area contributed by atoms with E-state index in [1.54, 1.807) is 7.11 Å². The summed E-state index contributed by atoms with van der Waals surface area (Å²) in [6.45, 7) is 0.518. The average Bonchev–Trinajstić information content (AvgIpc) is 2.62. The van der Waals surface area contributed by atoms with E-state index in [0.717, 1.165) is 38.6 Å². The van der Waals surface area contributed by atoms with E-state index >= 15 is 0 Å². The van der Waals surface area contributed by atoms with Crippen LogP contribution in [0.15, 0.2) is 66.7 Å². The normalized spacial score (nSPS) is 10.6. The predicted octanol–water partition coefficient (Wildman–Crippen LogP) is 5.14. The summed E-state index contributed by atoms with van der Waals surface area (Å²) < 4.78 is 5.24. The summed E-state index contributed by atoms with van der Waals surface area (Å²) >= 11 is 6.01. The summed E-state index contributed by atoms with van der Waals surface area (Å²) in [5.41, 5.74) is 11.5. The lowest BCUT2D eigenvalue weighted by atomic mass is 9.93. The lowest BCUT2D eigenvalue weighted by Gasteiger charge is -2.13. The Balaban J connectivity index is 2.13. The van der Waals surface area contributed by atoms with E-state index in [1.807, 2.05) is 36.4 Å². The van der Waals surface area contributed by atoms with Gasteiger partial charge in [-0.05, 0) is 58.1 Å². The molecule has 0 saturated heterocycles. The van der Waals surface area contributed by atoms with Crippen LogP contribution >= 0.6 is 11.6 Å². The predicted molar refractivity (Wildman–Crippen MR) is 96.8 cm³/mol. The monoisotopic (exact) mass is 323 g/mol. The fourth-order valence-electron chi connectivity index (χ4n) is 2.61. The van der Waals surface area contributed by atoms with Crippen LogP contribution < -0.4 is 10.5 Å². The Morgan fingerprint density at radius 3 is 2.04 bits per heavy atom. The number of hydrogen-bond donors (Lipinski definition) is 1. The highest BCUT2D eigenvalue weighted by Gasteiger charge is 2.09. The van der Waals surface area contributed by atoms with Gasteiger partial charge in [-0.3, -0.25) is 0 Å². The SMILES string of the molecule is COc1ccc(-c2cc(CN)ccc2-c2ccc(Cl)cc2)cc1. The van der Waals surface area contributed by atoms with Crippen LogP contribution in [0.3, 0.4) is 0 Å². The second kappa shape index (κ2) is 6.86. The summed E-state index contributed by atoms with van der Waals surface area (Å²) in [4.78, 5) is 0. The zero-order valence-corrected chi connectivity index (χ0v) is 13.7. The van der Waals surface area contributed by atoms with Crippen molar-refractivity contribution in [1.82, 2.24) is 0 Å². The molecule has 0 amide bonds. The second-order valence-electron chi connectivity index (χ2n) is 5.32. The van der Waals surface area contributed by atoms with Crippen LogP contribution in [0.4, 0.5) is 0 Å². The highest BCUT2D eigenvalue weighted by molar-refractivity contribution is 6.30. The van der Waals surface area contributed by atoms with Crippen molar-refractivity contribution in [2.45, 2.75) is 6.54 Å². The minimum Gasteiger partial charge on any atom is -0.497 e. The molecular formula is C20H18ClNO. The first-order chi connectivity index (χ1) is 11.2. The van der Waals surface area contributed by atoms with Crippen molar-refractivity contribution >= 4 is 11.6 Å². The Morgan fingerprint density at radius 1 is 0.826 bits per heavy atom. The average molecular weight is 324 g/mol. The van der Waals surface area contributed by atoms with Gasteiger partial charge >= 0.3 is 0 Å². The molecule has 0 bridgehead atoms. The molecule has 3 heteroatoms. The van der Waals surface area contributed by atoms with Crippen LogP contribution in [0, 0.1) is 0 Å². The van der Waals surface area contributed by atoms with E-state index < -0.39 is 0 Å². The molecule has 3 rings (SSSR count). The van der Waals surface area contributed by atoms with E-state index in [0.29, 0.717) is 6.54 Å². The molecule has 0 fully saturated rings. The third kappa shape index (κ3) is 3.39. The number of hydrogen-bond acceptors (Lipinski definition) is 2. The van der Waals surface area contributed by atoms with Gasteiger partial charge in [-0.1, -0.05) is 48.0 Å². The minimum atomic E-state index is 0.518. The molecule has 0 aliphatic rings. The molecule has 3 aromatic carbocycles. The zero-order chi connectivity index (χ0) is 16.2. The van der Waals surface area contributed by atoms with Crippen LogP contribution in [-0.2, 0) is 6.54 Å². The molecule has 0 radical (unpaired) electrons. The third-order valence-electron chi connectivity index (χ3n) is 3.88. The maximum absolute atomic E-state index is 6.01. The number of nitrogens with two attached hydrogens (primary N) is 1. The lowest BCUT2D eigenvalue weighted by Crippen LogP contribution is -1.97. The zero-order valence-electron chi connectivity index (χ0n) is 12.9. The van der Waals surface area contributed by atoms with Gasteiger partial charge in [0.1, 0.15) is 5.75 Å². The van der Waals surface area contributed by atoms with Crippen molar-refractivity contribution in [1.29, 1.82) is 0 Å². The maximum atomic E-state index is 6.01. The Morgan fingerprint density at radius 2 is 1.43 bits per heavy atom. The Kier molecular flexibility index (Phi) is 4.65. The Labute approximate surface area is 141 Å². The third-order valence-corrected chi connectivity index (χ3v) is 4.13. The first-order valence-corrected chi connectivity index (χ1v) is 7.82. The molecule has 0 aromatic heterocycles. The topological polar surface area (TPSA) is 35.2 Å². The standard InChI is InChI=1S/C20H18ClNO/c1-23-18-9-5-16(6-10-18)20-12-14(13-22)2-11-19(20)15-3-7-17(21)8-4-15/h2-12H,13,22H2,1H3. The van der Waals surface area contributed by atoms with E-state index in [1.165, 1.54) is 0 Å². The minimum absolute atomic E-state index is 0.518. The van der Waals surface area contributed by atoms with Gasteiger partial charge in [-0.2, -0.15) is 0 Å². The van der Waals surface area contributed by atoms with Crippen molar-refractivity contribution in [2.24, 2.45) is 5.73 Å². The van der Waals surface area contributed by atoms with E-state index in [2.05, 4.69) is 30.3 Å². The number of rotatable bonds is 4. The number of methoxy groups -OCH3 is 1. The molecule has 3 aromatic rings. The van der Waals surface area contributed by atoms with Crippen LogP contribution in [0.5, 0.6) is 5.75 Å². The number of ether oxygens (including phenoxy) is 1. The first kappa shape index (κ1) is 15.6. The van der Waals surface area contributed by atoms with Gasteiger partial charge in [0.25, 0.3) is 0 Å². The summed E-state index contributed by atoms with van der Waals surface area (Å²) in [5, 5.41) is 0.735. The van der Waals surface area contributed by atoms with Crippen molar-refractivity contribution in [3.63, 3.8) is 0 Å². The maximum Gasteiger partial charge on any atom is 0.118 e. The van der Waals surface area contributed by atoms with Crippen molar-refractivity contribution in [3.8, 4) is 28.0 Å². The molecule has 0 aliphatic carbocycles. The van der Waals surface area contributed by atoms with E-state index in [-0.39, 0.29) is 0 Å². The molecule has 0 saturated carbocycles. The molecule has 23 heavy (non-hydrogen) atoms. The molecule has 0 atom stereocenters. The number of halogens is 1. The lowest BCUT2D eigenvalue weighted by molar-refractivity contribution is 0.415. The molecule has 0 spiro atoms. The first-order valence-electron chi connectivity index (χ1n) is 7.44. The smallest absolute Gasteiger partial charge is 0.118 e. The fourth-order valence-corrected chi connectivity index (χ4v) is 2.73. The van der Waals surface area contributed by atoms with E-state index in [9.17, 15) is 0 Å². The van der Waals surface area contributed by atoms with Gasteiger partial charge < -0.3 is 10.5 Å². The van der Waals surface area contributed by atoms with Crippen LogP contribution in [0.2, 0.25) is 5.02 Å². The molecule has 0 unspecified atom stereocenters. The van der Waals surface area contributed by atoms with Gasteiger partial charge in [0, 0.05) is 11.6 Å². The fraction of sp³-hybridized carbons (Fsp3) is 0.100. The molecule has 0 aliphatic heterocycles. The molecule has 116 valence electrons. The second-order valence-corrected chi connectivity index (χ2v) is 5.76. The summed E-state index contributed by atoms with van der Waals surface area (Å²) in [6, 6.07) is 22.3. The molecule has 2 nitrogen and oxygen atoms in total.